The Hall–Kier alpha value is -0.960. The number of halogens is 2. The largest absolute Gasteiger partial charge is 0.330 e. The van der Waals surface area contributed by atoms with E-state index < -0.39 is 11.6 Å². The molecule has 0 spiro atoms. The number of hydrogen-bond acceptors (Lipinski definition) is 1. The van der Waals surface area contributed by atoms with Crippen LogP contribution in [0.3, 0.4) is 0 Å². The van der Waals surface area contributed by atoms with Gasteiger partial charge in [-0.15, -0.1) is 0 Å². The quantitative estimate of drug-likeness (QED) is 0.859. The summed E-state index contributed by atoms with van der Waals surface area (Å²) in [6.45, 7) is 0.579. The molecule has 0 saturated heterocycles. The molecule has 0 amide bonds. The highest BCUT2D eigenvalue weighted by atomic mass is 19.2. The molecule has 2 aliphatic carbocycles. The molecule has 2 atom stereocenters. The molecule has 3 rings (SSSR count). The Kier molecular flexibility index (Phi) is 2.47. The molecule has 3 heteroatoms. The minimum Gasteiger partial charge on any atom is -0.330 e. The number of nitrogens with two attached hydrogens (primary N) is 1. The van der Waals surface area contributed by atoms with Crippen molar-refractivity contribution in [2.45, 2.75) is 25.7 Å². The molecule has 0 bridgehead atoms. The van der Waals surface area contributed by atoms with E-state index >= 15 is 0 Å². The summed E-state index contributed by atoms with van der Waals surface area (Å²) in [6, 6.07) is 4.42. The molecular weight excluding hydrogens is 220 g/mol. The number of rotatable bonds is 3. The van der Waals surface area contributed by atoms with Crippen LogP contribution in [-0.2, 0) is 6.42 Å². The average Bonchev–Trinajstić information content (AvgIpc) is 2.94. The van der Waals surface area contributed by atoms with Gasteiger partial charge in [-0.25, -0.2) is 8.78 Å². The number of hydrogen-bond donors (Lipinski definition) is 1. The first-order valence-corrected chi connectivity index (χ1v) is 6.26. The minimum absolute atomic E-state index is 0.0161. The van der Waals surface area contributed by atoms with Crippen molar-refractivity contribution in [2.24, 2.45) is 23.0 Å². The van der Waals surface area contributed by atoms with Crippen LogP contribution in [0.5, 0.6) is 0 Å². The smallest absolute Gasteiger partial charge is 0.162 e. The van der Waals surface area contributed by atoms with E-state index in [1.165, 1.54) is 12.5 Å². The average molecular weight is 237 g/mol. The van der Waals surface area contributed by atoms with Crippen molar-refractivity contribution in [1.29, 1.82) is 0 Å². The number of benzene rings is 1. The first kappa shape index (κ1) is 11.1. The van der Waals surface area contributed by atoms with Crippen molar-refractivity contribution in [3.05, 3.63) is 35.4 Å². The Balaban J connectivity index is 1.83. The summed E-state index contributed by atoms with van der Waals surface area (Å²) in [5.74, 6) is 0.157. The Bertz CT molecular complexity index is 434. The van der Waals surface area contributed by atoms with Crippen molar-refractivity contribution in [1.82, 2.24) is 0 Å². The fourth-order valence-electron chi connectivity index (χ4n) is 3.48. The molecule has 92 valence electrons. The lowest BCUT2D eigenvalue weighted by atomic mass is 9.77. The predicted molar refractivity (Wildman–Crippen MR) is 62.4 cm³/mol. The highest BCUT2D eigenvalue weighted by Crippen LogP contribution is 2.60. The fourth-order valence-corrected chi connectivity index (χ4v) is 3.48. The molecule has 1 nitrogen and oxygen atoms in total. The summed E-state index contributed by atoms with van der Waals surface area (Å²) >= 11 is 0. The van der Waals surface area contributed by atoms with E-state index in [1.807, 2.05) is 0 Å². The van der Waals surface area contributed by atoms with Gasteiger partial charge in [0.15, 0.2) is 11.6 Å². The number of fused-ring (bicyclic) bond motifs is 1. The maximum absolute atomic E-state index is 13.7. The molecule has 2 unspecified atom stereocenters. The van der Waals surface area contributed by atoms with Gasteiger partial charge in [0.05, 0.1) is 0 Å². The second-order valence-electron chi connectivity index (χ2n) is 5.76. The van der Waals surface area contributed by atoms with Gasteiger partial charge in [0, 0.05) is 0 Å². The molecule has 1 aromatic carbocycles. The van der Waals surface area contributed by atoms with Crippen LogP contribution in [0.4, 0.5) is 8.78 Å². The van der Waals surface area contributed by atoms with E-state index in [-0.39, 0.29) is 5.41 Å². The molecule has 2 aliphatic rings. The third kappa shape index (κ3) is 1.86. The van der Waals surface area contributed by atoms with Crippen LogP contribution in [-0.4, -0.2) is 6.54 Å². The molecule has 0 radical (unpaired) electrons. The van der Waals surface area contributed by atoms with Gasteiger partial charge in [-0.05, 0) is 61.1 Å². The fraction of sp³-hybridized carbons (Fsp3) is 0.571. The van der Waals surface area contributed by atoms with Crippen LogP contribution in [0, 0.1) is 28.9 Å². The van der Waals surface area contributed by atoms with Gasteiger partial charge in [0.2, 0.25) is 0 Å². The summed E-state index contributed by atoms with van der Waals surface area (Å²) in [7, 11) is 0. The third-order valence-electron chi connectivity index (χ3n) is 4.49. The van der Waals surface area contributed by atoms with Crippen molar-refractivity contribution in [3.8, 4) is 0 Å². The van der Waals surface area contributed by atoms with Crippen molar-refractivity contribution in [3.63, 3.8) is 0 Å². The minimum atomic E-state index is -0.752. The molecule has 0 aromatic heterocycles. The highest BCUT2D eigenvalue weighted by Gasteiger charge is 2.53. The van der Waals surface area contributed by atoms with Crippen LogP contribution in [0.1, 0.15) is 24.8 Å². The van der Waals surface area contributed by atoms with Gasteiger partial charge in [0.25, 0.3) is 0 Å². The van der Waals surface area contributed by atoms with Crippen LogP contribution in [0.2, 0.25) is 0 Å². The topological polar surface area (TPSA) is 26.0 Å². The van der Waals surface area contributed by atoms with E-state index in [0.717, 1.165) is 24.7 Å². The molecular formula is C14H17F2N. The zero-order valence-corrected chi connectivity index (χ0v) is 9.76. The van der Waals surface area contributed by atoms with Gasteiger partial charge in [-0.1, -0.05) is 12.1 Å². The lowest BCUT2D eigenvalue weighted by Crippen LogP contribution is -2.31. The van der Waals surface area contributed by atoms with E-state index in [4.69, 9.17) is 5.73 Å². The van der Waals surface area contributed by atoms with E-state index in [9.17, 15) is 8.78 Å². The predicted octanol–water partition coefficient (Wildman–Crippen LogP) is 2.88. The van der Waals surface area contributed by atoms with Crippen molar-refractivity contribution >= 4 is 0 Å². The van der Waals surface area contributed by atoms with Crippen LogP contribution < -0.4 is 5.73 Å². The molecule has 1 aromatic rings. The van der Waals surface area contributed by atoms with E-state index in [2.05, 4.69) is 0 Å². The molecule has 17 heavy (non-hydrogen) atoms. The first-order valence-electron chi connectivity index (χ1n) is 6.26. The third-order valence-corrected chi connectivity index (χ3v) is 4.49. The van der Waals surface area contributed by atoms with Gasteiger partial charge < -0.3 is 5.73 Å². The van der Waals surface area contributed by atoms with Crippen LogP contribution in [0.15, 0.2) is 18.2 Å². The lowest BCUT2D eigenvalue weighted by molar-refractivity contribution is 0.268. The second-order valence-corrected chi connectivity index (χ2v) is 5.76. The SMILES string of the molecule is NCC1(Cc2cccc(F)c2F)CC2CC2C1. The Morgan fingerprint density at radius 1 is 1.24 bits per heavy atom. The van der Waals surface area contributed by atoms with E-state index in [1.54, 1.807) is 12.1 Å². The van der Waals surface area contributed by atoms with Crippen LogP contribution in [0.25, 0.3) is 0 Å². The molecule has 2 saturated carbocycles. The Labute approximate surface area is 100 Å². The Morgan fingerprint density at radius 2 is 1.94 bits per heavy atom. The zero-order valence-electron chi connectivity index (χ0n) is 9.76. The molecule has 0 heterocycles. The Morgan fingerprint density at radius 3 is 2.59 bits per heavy atom. The summed E-state index contributed by atoms with van der Waals surface area (Å²) in [5.41, 5.74) is 6.37. The van der Waals surface area contributed by atoms with Gasteiger partial charge >= 0.3 is 0 Å². The molecule has 0 aliphatic heterocycles. The van der Waals surface area contributed by atoms with Crippen molar-refractivity contribution < 1.29 is 8.78 Å². The van der Waals surface area contributed by atoms with Gasteiger partial charge in [0.1, 0.15) is 0 Å². The normalized spacial score (nSPS) is 34.8. The van der Waals surface area contributed by atoms with Crippen molar-refractivity contribution in [2.75, 3.05) is 6.54 Å². The van der Waals surface area contributed by atoms with E-state index in [0.29, 0.717) is 18.5 Å². The standard InChI is InChI=1S/C14H17F2N/c15-12-3-1-2-9(13(12)16)5-14(8-17)6-10-4-11(10)7-14/h1-3,10-11H,4-8,17H2. The van der Waals surface area contributed by atoms with Gasteiger partial charge in [-0.3, -0.25) is 0 Å². The lowest BCUT2D eigenvalue weighted by Gasteiger charge is -2.29. The monoisotopic (exact) mass is 237 g/mol. The van der Waals surface area contributed by atoms with Gasteiger partial charge in [-0.2, -0.15) is 0 Å². The second kappa shape index (κ2) is 3.77. The summed E-state index contributed by atoms with van der Waals surface area (Å²) in [6.07, 6.45) is 4.07. The summed E-state index contributed by atoms with van der Waals surface area (Å²) < 4.78 is 26.8. The zero-order chi connectivity index (χ0) is 12.0. The molecule has 2 N–H and O–H groups in total. The van der Waals surface area contributed by atoms with Crippen LogP contribution >= 0.6 is 0 Å². The highest BCUT2D eigenvalue weighted by molar-refractivity contribution is 5.22. The first-order chi connectivity index (χ1) is 8.13. The molecule has 2 fully saturated rings. The maximum atomic E-state index is 13.7. The summed E-state index contributed by atoms with van der Waals surface area (Å²) in [4.78, 5) is 0. The summed E-state index contributed by atoms with van der Waals surface area (Å²) in [5, 5.41) is 0. The maximum Gasteiger partial charge on any atom is 0.162 e.